The molecule has 0 bridgehead atoms. The van der Waals surface area contributed by atoms with Crippen LogP contribution in [0.25, 0.3) is 0 Å². The topological polar surface area (TPSA) is 78.9 Å². The van der Waals surface area contributed by atoms with E-state index in [9.17, 15) is 9.18 Å². The van der Waals surface area contributed by atoms with Gasteiger partial charge in [0, 0.05) is 12.2 Å². The zero-order valence-corrected chi connectivity index (χ0v) is 12.6. The van der Waals surface area contributed by atoms with Crippen molar-refractivity contribution in [3.8, 4) is 0 Å². The minimum Gasteiger partial charge on any atom is -0.409 e. The van der Waals surface area contributed by atoms with Crippen molar-refractivity contribution in [2.45, 2.75) is 33.6 Å². The SMILES string of the molecule is CCN(C(=O)C(CC)(CC)C(N)=NO)c1cccc(F)c1. The molecule has 0 unspecified atom stereocenters. The fraction of sp³-hybridized carbons (Fsp3) is 0.467. The first-order valence-electron chi connectivity index (χ1n) is 7.02. The Bertz CT molecular complexity index is 527. The van der Waals surface area contributed by atoms with Gasteiger partial charge in [0.25, 0.3) is 0 Å². The Morgan fingerprint density at radius 3 is 2.43 bits per heavy atom. The summed E-state index contributed by atoms with van der Waals surface area (Å²) in [5.41, 5.74) is 5.12. The van der Waals surface area contributed by atoms with Crippen LogP contribution in [-0.4, -0.2) is 23.5 Å². The van der Waals surface area contributed by atoms with Crippen molar-refractivity contribution in [1.82, 2.24) is 0 Å². The molecule has 0 aliphatic carbocycles. The van der Waals surface area contributed by atoms with E-state index in [1.165, 1.54) is 17.0 Å². The van der Waals surface area contributed by atoms with Gasteiger partial charge in [-0.15, -0.1) is 0 Å². The standard InChI is InChI=1S/C15H22FN3O2/c1-4-15(5-2,13(17)18-21)14(20)19(6-3)12-9-7-8-11(16)10-12/h7-10,21H,4-6H2,1-3H3,(H2,17,18). The van der Waals surface area contributed by atoms with Crippen LogP contribution in [0.15, 0.2) is 29.4 Å². The lowest BCUT2D eigenvalue weighted by molar-refractivity contribution is -0.125. The van der Waals surface area contributed by atoms with Gasteiger partial charge in [-0.05, 0) is 38.0 Å². The molecule has 1 aromatic rings. The second kappa shape index (κ2) is 7.06. The molecule has 116 valence electrons. The van der Waals surface area contributed by atoms with E-state index in [2.05, 4.69) is 5.16 Å². The van der Waals surface area contributed by atoms with Gasteiger partial charge in [0.1, 0.15) is 11.2 Å². The van der Waals surface area contributed by atoms with Crippen molar-refractivity contribution in [3.63, 3.8) is 0 Å². The summed E-state index contributed by atoms with van der Waals surface area (Å²) in [4.78, 5) is 14.4. The third-order valence-corrected chi connectivity index (χ3v) is 3.90. The van der Waals surface area contributed by atoms with Crippen molar-refractivity contribution in [2.24, 2.45) is 16.3 Å². The van der Waals surface area contributed by atoms with E-state index in [-0.39, 0.29) is 11.7 Å². The normalized spacial score (nSPS) is 12.3. The second-order valence-electron chi connectivity index (χ2n) is 4.80. The van der Waals surface area contributed by atoms with E-state index in [1.807, 2.05) is 0 Å². The number of nitrogens with zero attached hydrogens (tertiary/aromatic N) is 2. The average Bonchev–Trinajstić information content (AvgIpc) is 2.49. The molecule has 3 N–H and O–H groups in total. The zero-order chi connectivity index (χ0) is 16.0. The number of hydrogen-bond donors (Lipinski definition) is 2. The van der Waals surface area contributed by atoms with Crippen molar-refractivity contribution in [3.05, 3.63) is 30.1 Å². The minimum atomic E-state index is -1.09. The first-order chi connectivity index (χ1) is 9.96. The van der Waals surface area contributed by atoms with E-state index in [4.69, 9.17) is 10.9 Å². The van der Waals surface area contributed by atoms with Crippen LogP contribution >= 0.6 is 0 Å². The third kappa shape index (κ3) is 3.15. The van der Waals surface area contributed by atoms with Gasteiger partial charge in [-0.25, -0.2) is 4.39 Å². The second-order valence-corrected chi connectivity index (χ2v) is 4.80. The number of hydrogen-bond acceptors (Lipinski definition) is 3. The summed E-state index contributed by atoms with van der Waals surface area (Å²) >= 11 is 0. The molecule has 0 spiro atoms. The molecule has 0 aliphatic heterocycles. The Kier molecular flexibility index (Phi) is 5.69. The Balaban J connectivity index is 3.29. The van der Waals surface area contributed by atoms with Gasteiger partial charge in [-0.1, -0.05) is 25.1 Å². The molecule has 0 fully saturated rings. The highest BCUT2D eigenvalue weighted by Crippen LogP contribution is 2.31. The molecular weight excluding hydrogens is 273 g/mol. The summed E-state index contributed by atoms with van der Waals surface area (Å²) in [6, 6.07) is 5.82. The monoisotopic (exact) mass is 295 g/mol. The molecule has 0 radical (unpaired) electrons. The van der Waals surface area contributed by atoms with E-state index in [1.54, 1.807) is 32.9 Å². The van der Waals surface area contributed by atoms with E-state index in [0.29, 0.717) is 25.1 Å². The smallest absolute Gasteiger partial charge is 0.240 e. The number of nitrogens with two attached hydrogens (primary N) is 1. The molecule has 1 rings (SSSR count). The minimum absolute atomic E-state index is 0.118. The summed E-state index contributed by atoms with van der Waals surface area (Å²) in [5, 5.41) is 12.0. The number of anilines is 1. The summed E-state index contributed by atoms with van der Waals surface area (Å²) in [7, 11) is 0. The number of carbonyl (C=O) groups excluding carboxylic acids is 1. The summed E-state index contributed by atoms with van der Waals surface area (Å²) < 4.78 is 13.4. The van der Waals surface area contributed by atoms with Crippen LogP contribution in [0.3, 0.4) is 0 Å². The number of rotatable bonds is 6. The molecule has 5 nitrogen and oxygen atoms in total. The first-order valence-corrected chi connectivity index (χ1v) is 7.02. The Labute approximate surface area is 124 Å². The summed E-state index contributed by atoms with van der Waals surface area (Å²) in [6.45, 7) is 5.77. The van der Waals surface area contributed by atoms with E-state index in [0.717, 1.165) is 0 Å². The lowest BCUT2D eigenvalue weighted by Gasteiger charge is -2.34. The lowest BCUT2D eigenvalue weighted by Crippen LogP contribution is -2.51. The van der Waals surface area contributed by atoms with Crippen LogP contribution in [0.4, 0.5) is 10.1 Å². The molecule has 21 heavy (non-hydrogen) atoms. The highest BCUT2D eigenvalue weighted by Gasteiger charge is 2.42. The van der Waals surface area contributed by atoms with Gasteiger partial charge in [-0.2, -0.15) is 0 Å². The third-order valence-electron chi connectivity index (χ3n) is 3.90. The van der Waals surface area contributed by atoms with Crippen LogP contribution in [0, 0.1) is 11.2 Å². The number of amides is 1. The number of oxime groups is 1. The summed E-state index contributed by atoms with van der Waals surface area (Å²) in [6.07, 6.45) is 0.786. The van der Waals surface area contributed by atoms with E-state index < -0.39 is 11.2 Å². The van der Waals surface area contributed by atoms with Crippen molar-refractivity contribution in [1.29, 1.82) is 0 Å². The quantitative estimate of drug-likeness (QED) is 0.366. The molecule has 0 atom stereocenters. The van der Waals surface area contributed by atoms with Gasteiger partial charge in [0.05, 0.1) is 0 Å². The largest absolute Gasteiger partial charge is 0.409 e. The van der Waals surface area contributed by atoms with Crippen molar-refractivity contribution < 1.29 is 14.4 Å². The van der Waals surface area contributed by atoms with Gasteiger partial charge in [-0.3, -0.25) is 4.79 Å². The van der Waals surface area contributed by atoms with Crippen LogP contribution < -0.4 is 10.6 Å². The molecule has 0 saturated carbocycles. The predicted molar refractivity (Wildman–Crippen MR) is 80.9 cm³/mol. The molecule has 0 aliphatic rings. The lowest BCUT2D eigenvalue weighted by atomic mass is 9.79. The van der Waals surface area contributed by atoms with Crippen LogP contribution in [0.1, 0.15) is 33.6 Å². The highest BCUT2D eigenvalue weighted by atomic mass is 19.1. The maximum atomic E-state index is 13.4. The Morgan fingerprint density at radius 2 is 2.00 bits per heavy atom. The molecule has 0 saturated heterocycles. The molecular formula is C15H22FN3O2. The van der Waals surface area contributed by atoms with Crippen LogP contribution in [0.5, 0.6) is 0 Å². The Hall–Kier alpha value is -2.11. The number of carbonyl (C=O) groups is 1. The fourth-order valence-corrected chi connectivity index (χ4v) is 2.47. The van der Waals surface area contributed by atoms with Gasteiger partial charge >= 0.3 is 0 Å². The molecule has 1 amide bonds. The number of benzene rings is 1. The first kappa shape index (κ1) is 16.9. The average molecular weight is 295 g/mol. The number of amidine groups is 1. The maximum absolute atomic E-state index is 13.4. The number of halogens is 1. The Morgan fingerprint density at radius 1 is 1.38 bits per heavy atom. The van der Waals surface area contributed by atoms with Crippen molar-refractivity contribution >= 4 is 17.4 Å². The fourth-order valence-electron chi connectivity index (χ4n) is 2.47. The predicted octanol–water partition coefficient (Wildman–Crippen LogP) is 2.73. The molecule has 6 heteroatoms. The summed E-state index contributed by atoms with van der Waals surface area (Å²) in [5.74, 6) is -0.829. The molecule has 0 aromatic heterocycles. The molecule has 0 heterocycles. The van der Waals surface area contributed by atoms with Gasteiger partial charge in [0.15, 0.2) is 5.84 Å². The maximum Gasteiger partial charge on any atom is 0.240 e. The van der Waals surface area contributed by atoms with Crippen LogP contribution in [-0.2, 0) is 4.79 Å². The van der Waals surface area contributed by atoms with Gasteiger partial charge < -0.3 is 15.8 Å². The zero-order valence-electron chi connectivity index (χ0n) is 12.6. The van der Waals surface area contributed by atoms with Gasteiger partial charge in [0.2, 0.25) is 5.91 Å². The highest BCUT2D eigenvalue weighted by molar-refractivity contribution is 6.12. The molecule has 1 aromatic carbocycles. The van der Waals surface area contributed by atoms with Crippen LogP contribution in [0.2, 0.25) is 0 Å². The van der Waals surface area contributed by atoms with Crippen molar-refractivity contribution in [2.75, 3.05) is 11.4 Å². The van der Waals surface area contributed by atoms with E-state index >= 15 is 0 Å².